The fraction of sp³-hybridized carbons (Fsp3) is 0.417. The lowest BCUT2D eigenvalue weighted by atomic mass is 9.86. The second kappa shape index (κ2) is 4.53. The summed E-state index contributed by atoms with van der Waals surface area (Å²) in [4.78, 5) is 3.67. The zero-order valence-corrected chi connectivity index (χ0v) is 8.44. The van der Waals surface area contributed by atoms with Crippen LogP contribution in [0.5, 0.6) is 0 Å². The molecule has 0 aliphatic heterocycles. The van der Waals surface area contributed by atoms with Crippen LogP contribution < -0.4 is 0 Å². The number of halogens is 1. The van der Waals surface area contributed by atoms with Crippen LogP contribution in [0.3, 0.4) is 0 Å². The van der Waals surface area contributed by atoms with Gasteiger partial charge in [-0.15, -0.1) is 0 Å². The molecule has 80 valence electrons. The largest absolute Gasteiger partial charge is 0.388 e. The molecule has 1 aromatic heterocycles. The lowest BCUT2D eigenvalue weighted by Crippen LogP contribution is -2.15. The number of aliphatic hydroxyl groups is 1. The molecule has 0 saturated carbocycles. The summed E-state index contributed by atoms with van der Waals surface area (Å²) < 4.78 is 13.4. The van der Waals surface area contributed by atoms with Gasteiger partial charge in [0.1, 0.15) is 5.82 Å². The van der Waals surface area contributed by atoms with Crippen LogP contribution in [-0.4, -0.2) is 10.1 Å². The SMILES string of the molecule is OC(c1ccncc1F)C1CC=CCC1. The minimum absolute atomic E-state index is 0.131. The molecule has 1 aliphatic carbocycles. The normalized spacial score (nSPS) is 22.7. The van der Waals surface area contributed by atoms with Gasteiger partial charge in [0.25, 0.3) is 0 Å². The zero-order chi connectivity index (χ0) is 10.7. The van der Waals surface area contributed by atoms with Crippen molar-refractivity contribution in [1.82, 2.24) is 4.98 Å². The minimum atomic E-state index is -0.710. The fourth-order valence-electron chi connectivity index (χ4n) is 1.98. The number of nitrogens with zero attached hydrogens (tertiary/aromatic N) is 1. The van der Waals surface area contributed by atoms with Gasteiger partial charge < -0.3 is 5.11 Å². The molecular weight excluding hydrogens is 193 g/mol. The third-order valence-electron chi connectivity index (χ3n) is 2.88. The average molecular weight is 207 g/mol. The standard InChI is InChI=1S/C12H14FNO/c13-11-8-14-7-6-10(11)12(15)9-4-2-1-3-5-9/h1-2,6-9,12,15H,3-5H2. The predicted octanol–water partition coefficient (Wildman–Crippen LogP) is 2.61. The fourth-order valence-corrected chi connectivity index (χ4v) is 1.98. The molecule has 0 fully saturated rings. The van der Waals surface area contributed by atoms with E-state index in [1.165, 1.54) is 6.20 Å². The molecule has 0 bridgehead atoms. The van der Waals surface area contributed by atoms with E-state index in [0.29, 0.717) is 5.56 Å². The van der Waals surface area contributed by atoms with Gasteiger partial charge in [-0.25, -0.2) is 4.39 Å². The Bertz CT molecular complexity index is 364. The van der Waals surface area contributed by atoms with Crippen molar-refractivity contribution in [3.8, 4) is 0 Å². The Labute approximate surface area is 88.5 Å². The zero-order valence-electron chi connectivity index (χ0n) is 8.44. The number of pyridine rings is 1. The number of aliphatic hydroxyl groups excluding tert-OH is 1. The van der Waals surface area contributed by atoms with E-state index in [1.807, 2.05) is 0 Å². The summed E-state index contributed by atoms with van der Waals surface area (Å²) in [6.07, 6.45) is 8.81. The van der Waals surface area contributed by atoms with Gasteiger partial charge in [0.2, 0.25) is 0 Å². The maximum absolute atomic E-state index is 13.4. The summed E-state index contributed by atoms with van der Waals surface area (Å²) in [5.41, 5.74) is 0.366. The molecule has 1 N–H and O–H groups in total. The first-order valence-corrected chi connectivity index (χ1v) is 5.21. The predicted molar refractivity (Wildman–Crippen MR) is 55.6 cm³/mol. The molecule has 1 heterocycles. The lowest BCUT2D eigenvalue weighted by molar-refractivity contribution is 0.0987. The molecule has 0 saturated heterocycles. The van der Waals surface area contributed by atoms with E-state index in [4.69, 9.17) is 0 Å². The van der Waals surface area contributed by atoms with Crippen molar-refractivity contribution in [1.29, 1.82) is 0 Å². The highest BCUT2D eigenvalue weighted by molar-refractivity contribution is 5.17. The summed E-state index contributed by atoms with van der Waals surface area (Å²) in [6.45, 7) is 0. The first-order valence-electron chi connectivity index (χ1n) is 5.21. The van der Waals surface area contributed by atoms with Gasteiger partial charge in [0.05, 0.1) is 12.3 Å². The molecule has 0 spiro atoms. The molecule has 1 aromatic rings. The molecule has 0 aromatic carbocycles. The van der Waals surface area contributed by atoms with E-state index in [1.54, 1.807) is 6.07 Å². The number of hydrogen-bond donors (Lipinski definition) is 1. The van der Waals surface area contributed by atoms with E-state index in [-0.39, 0.29) is 5.92 Å². The summed E-state index contributed by atoms with van der Waals surface area (Å²) in [5, 5.41) is 10.0. The van der Waals surface area contributed by atoms with Crippen LogP contribution in [0.4, 0.5) is 4.39 Å². The van der Waals surface area contributed by atoms with Gasteiger partial charge in [-0.2, -0.15) is 0 Å². The maximum atomic E-state index is 13.4. The van der Waals surface area contributed by atoms with E-state index in [2.05, 4.69) is 17.1 Å². The van der Waals surface area contributed by atoms with Crippen LogP contribution in [0.1, 0.15) is 30.9 Å². The van der Waals surface area contributed by atoms with Gasteiger partial charge >= 0.3 is 0 Å². The van der Waals surface area contributed by atoms with Gasteiger partial charge in [-0.3, -0.25) is 4.98 Å². The number of rotatable bonds is 2. The first kappa shape index (κ1) is 10.3. The highest BCUT2D eigenvalue weighted by Crippen LogP contribution is 2.32. The van der Waals surface area contributed by atoms with E-state index in [0.717, 1.165) is 25.5 Å². The smallest absolute Gasteiger partial charge is 0.147 e. The summed E-state index contributed by atoms with van der Waals surface area (Å²) in [5.74, 6) is -0.286. The monoisotopic (exact) mass is 207 g/mol. The molecule has 3 heteroatoms. The van der Waals surface area contributed by atoms with Crippen LogP contribution in [0.15, 0.2) is 30.6 Å². The van der Waals surface area contributed by atoms with Gasteiger partial charge in [0.15, 0.2) is 0 Å². The van der Waals surface area contributed by atoms with Crippen LogP contribution >= 0.6 is 0 Å². The van der Waals surface area contributed by atoms with Crippen LogP contribution in [-0.2, 0) is 0 Å². The van der Waals surface area contributed by atoms with Gasteiger partial charge in [-0.05, 0) is 31.2 Å². The highest BCUT2D eigenvalue weighted by Gasteiger charge is 2.23. The lowest BCUT2D eigenvalue weighted by Gasteiger charge is -2.24. The third kappa shape index (κ3) is 2.23. The van der Waals surface area contributed by atoms with Crippen molar-refractivity contribution in [2.24, 2.45) is 5.92 Å². The molecule has 2 atom stereocenters. The number of allylic oxidation sites excluding steroid dienone is 2. The molecule has 2 rings (SSSR count). The van der Waals surface area contributed by atoms with Crippen molar-refractivity contribution < 1.29 is 9.50 Å². The Morgan fingerprint density at radius 2 is 2.33 bits per heavy atom. The molecule has 15 heavy (non-hydrogen) atoms. The summed E-state index contributed by atoms with van der Waals surface area (Å²) in [6, 6.07) is 1.55. The highest BCUT2D eigenvalue weighted by atomic mass is 19.1. The maximum Gasteiger partial charge on any atom is 0.147 e. The molecule has 1 aliphatic rings. The Balaban J connectivity index is 2.16. The van der Waals surface area contributed by atoms with E-state index in [9.17, 15) is 9.50 Å². The van der Waals surface area contributed by atoms with Gasteiger partial charge in [-0.1, -0.05) is 12.2 Å². The van der Waals surface area contributed by atoms with Crippen LogP contribution in [0, 0.1) is 11.7 Å². The van der Waals surface area contributed by atoms with Crippen molar-refractivity contribution >= 4 is 0 Å². The molecule has 2 unspecified atom stereocenters. The Kier molecular flexibility index (Phi) is 3.11. The first-order chi connectivity index (χ1) is 7.29. The third-order valence-corrected chi connectivity index (χ3v) is 2.88. The van der Waals surface area contributed by atoms with Gasteiger partial charge in [0, 0.05) is 11.8 Å². The minimum Gasteiger partial charge on any atom is -0.388 e. The van der Waals surface area contributed by atoms with Crippen molar-refractivity contribution in [3.05, 3.63) is 42.0 Å². The van der Waals surface area contributed by atoms with Crippen molar-refractivity contribution in [3.63, 3.8) is 0 Å². The quantitative estimate of drug-likeness (QED) is 0.756. The van der Waals surface area contributed by atoms with E-state index < -0.39 is 11.9 Å². The molecule has 2 nitrogen and oxygen atoms in total. The van der Waals surface area contributed by atoms with E-state index >= 15 is 0 Å². The topological polar surface area (TPSA) is 33.1 Å². The Hall–Kier alpha value is -1.22. The molecule has 0 radical (unpaired) electrons. The Morgan fingerprint density at radius 3 is 3.00 bits per heavy atom. The van der Waals surface area contributed by atoms with Crippen molar-refractivity contribution in [2.45, 2.75) is 25.4 Å². The number of aromatic nitrogens is 1. The molecular formula is C12H14FNO. The second-order valence-corrected chi connectivity index (χ2v) is 3.89. The van der Waals surface area contributed by atoms with Crippen LogP contribution in [0.2, 0.25) is 0 Å². The average Bonchev–Trinajstić information content (AvgIpc) is 2.30. The summed E-state index contributed by atoms with van der Waals surface area (Å²) >= 11 is 0. The van der Waals surface area contributed by atoms with Crippen molar-refractivity contribution in [2.75, 3.05) is 0 Å². The molecule has 0 amide bonds. The van der Waals surface area contributed by atoms with Crippen LogP contribution in [0.25, 0.3) is 0 Å². The second-order valence-electron chi connectivity index (χ2n) is 3.89. The number of hydrogen-bond acceptors (Lipinski definition) is 2. The summed E-state index contributed by atoms with van der Waals surface area (Å²) in [7, 11) is 0. The Morgan fingerprint density at radius 1 is 1.47 bits per heavy atom.